The lowest BCUT2D eigenvalue weighted by Gasteiger charge is -2.35. The summed E-state index contributed by atoms with van der Waals surface area (Å²) in [4.78, 5) is 29.7. The molecule has 8 heteroatoms. The number of aromatic nitrogens is 1. The number of carbonyl (C=O) groups is 1. The van der Waals surface area contributed by atoms with Gasteiger partial charge >= 0.3 is 4.87 Å². The zero-order chi connectivity index (χ0) is 27.0. The van der Waals surface area contributed by atoms with Crippen LogP contribution in [-0.2, 0) is 16.6 Å². The van der Waals surface area contributed by atoms with E-state index in [9.17, 15) is 14.7 Å². The van der Waals surface area contributed by atoms with Gasteiger partial charge < -0.3 is 25.6 Å². The summed E-state index contributed by atoms with van der Waals surface area (Å²) in [5, 5.41) is 17.0. The van der Waals surface area contributed by atoms with E-state index in [0.29, 0.717) is 31.1 Å². The van der Waals surface area contributed by atoms with Gasteiger partial charge in [-0.25, -0.2) is 0 Å². The Labute approximate surface area is 229 Å². The van der Waals surface area contributed by atoms with Crippen molar-refractivity contribution in [1.29, 1.82) is 0 Å². The number of hydrogen-bond donors (Lipinski definition) is 4. The van der Waals surface area contributed by atoms with E-state index in [1.807, 2.05) is 12.1 Å². The number of phenols is 1. The molecule has 4 rings (SSSR count). The fourth-order valence-electron chi connectivity index (χ4n) is 5.45. The SMILES string of the molecule is CC(C)(CNCCC(=O)N(CCNCCc1ccc(O)c2[nH]c(=O)sc12)C1CCCCC1)c1ccccc1. The lowest BCUT2D eigenvalue weighted by Crippen LogP contribution is -2.46. The predicted molar refractivity (Wildman–Crippen MR) is 156 cm³/mol. The van der Waals surface area contributed by atoms with Crippen molar-refractivity contribution in [3.63, 3.8) is 0 Å². The van der Waals surface area contributed by atoms with Gasteiger partial charge in [-0.2, -0.15) is 0 Å². The maximum absolute atomic E-state index is 13.3. The highest BCUT2D eigenvalue weighted by molar-refractivity contribution is 7.16. The summed E-state index contributed by atoms with van der Waals surface area (Å²) in [6.45, 7) is 8.17. The van der Waals surface area contributed by atoms with Crippen LogP contribution in [0.3, 0.4) is 0 Å². The van der Waals surface area contributed by atoms with Crippen LogP contribution in [0.15, 0.2) is 47.3 Å². The summed E-state index contributed by atoms with van der Waals surface area (Å²) in [5.74, 6) is 0.343. The molecule has 0 radical (unpaired) electrons. The Balaban J connectivity index is 1.25. The number of carbonyl (C=O) groups excluding carboxylic acids is 1. The van der Waals surface area contributed by atoms with Crippen molar-refractivity contribution < 1.29 is 9.90 Å². The first-order chi connectivity index (χ1) is 18.3. The van der Waals surface area contributed by atoms with Crippen LogP contribution in [0.4, 0.5) is 0 Å². The van der Waals surface area contributed by atoms with Crippen molar-refractivity contribution in [2.75, 3.05) is 32.7 Å². The molecule has 38 heavy (non-hydrogen) atoms. The fraction of sp³-hybridized carbons (Fsp3) is 0.533. The second kappa shape index (κ2) is 13.4. The summed E-state index contributed by atoms with van der Waals surface area (Å²) in [6, 6.07) is 14.4. The summed E-state index contributed by atoms with van der Waals surface area (Å²) in [6.07, 6.45) is 7.11. The number of aromatic amines is 1. The Hall–Kier alpha value is -2.68. The predicted octanol–water partition coefficient (Wildman–Crippen LogP) is 4.55. The highest BCUT2D eigenvalue weighted by Crippen LogP contribution is 2.28. The van der Waals surface area contributed by atoms with Crippen LogP contribution in [0.1, 0.15) is 63.5 Å². The number of nitrogens with one attached hydrogen (secondary N) is 3. The Morgan fingerprint density at radius 1 is 1.05 bits per heavy atom. The summed E-state index contributed by atoms with van der Waals surface area (Å²) in [7, 11) is 0. The molecule has 1 fully saturated rings. The molecule has 0 spiro atoms. The molecular weight excluding hydrogens is 496 g/mol. The van der Waals surface area contributed by atoms with E-state index in [1.54, 1.807) is 6.07 Å². The fourth-order valence-corrected chi connectivity index (χ4v) is 6.35. The molecule has 1 aliphatic rings. The van der Waals surface area contributed by atoms with Crippen LogP contribution in [0.2, 0.25) is 0 Å². The minimum atomic E-state index is -0.157. The Morgan fingerprint density at radius 2 is 1.82 bits per heavy atom. The first-order valence-electron chi connectivity index (χ1n) is 14.0. The van der Waals surface area contributed by atoms with Crippen LogP contribution in [0.5, 0.6) is 5.75 Å². The number of phenolic OH excluding ortho intramolecular Hbond substituents is 1. The molecule has 0 saturated heterocycles. The highest BCUT2D eigenvalue weighted by atomic mass is 32.1. The molecule has 7 nitrogen and oxygen atoms in total. The maximum Gasteiger partial charge on any atom is 0.305 e. The number of benzene rings is 2. The van der Waals surface area contributed by atoms with Crippen LogP contribution in [0, 0.1) is 0 Å². The number of rotatable bonds is 13. The van der Waals surface area contributed by atoms with Crippen molar-refractivity contribution in [1.82, 2.24) is 20.5 Å². The quantitative estimate of drug-likeness (QED) is 0.240. The zero-order valence-corrected chi connectivity index (χ0v) is 23.5. The van der Waals surface area contributed by atoms with E-state index < -0.39 is 0 Å². The van der Waals surface area contributed by atoms with Gasteiger partial charge in [0, 0.05) is 44.1 Å². The third kappa shape index (κ3) is 7.46. The summed E-state index contributed by atoms with van der Waals surface area (Å²) < 4.78 is 0.818. The molecule has 0 aliphatic heterocycles. The molecular formula is C30H42N4O3S. The van der Waals surface area contributed by atoms with E-state index >= 15 is 0 Å². The van der Waals surface area contributed by atoms with Crippen molar-refractivity contribution in [2.45, 2.75) is 70.3 Å². The average Bonchev–Trinajstić information content (AvgIpc) is 3.33. The van der Waals surface area contributed by atoms with Gasteiger partial charge in [0.05, 0.1) is 4.70 Å². The van der Waals surface area contributed by atoms with Crippen molar-refractivity contribution in [3.05, 3.63) is 63.3 Å². The number of amides is 1. The van der Waals surface area contributed by atoms with E-state index in [2.05, 4.69) is 58.6 Å². The normalized spacial score (nSPS) is 14.7. The number of H-pyrrole nitrogens is 1. The Morgan fingerprint density at radius 3 is 2.58 bits per heavy atom. The molecule has 1 aromatic heterocycles. The lowest BCUT2D eigenvalue weighted by atomic mass is 9.84. The van der Waals surface area contributed by atoms with Gasteiger partial charge in [-0.1, -0.05) is 80.8 Å². The second-order valence-corrected chi connectivity index (χ2v) is 12.0. The lowest BCUT2D eigenvalue weighted by molar-refractivity contribution is -0.134. The maximum atomic E-state index is 13.3. The van der Waals surface area contributed by atoms with Gasteiger partial charge in [-0.15, -0.1) is 0 Å². The highest BCUT2D eigenvalue weighted by Gasteiger charge is 2.25. The van der Waals surface area contributed by atoms with Crippen molar-refractivity contribution >= 4 is 27.5 Å². The van der Waals surface area contributed by atoms with E-state index in [4.69, 9.17) is 0 Å². The molecule has 1 saturated carbocycles. The molecule has 0 unspecified atom stereocenters. The second-order valence-electron chi connectivity index (χ2n) is 11.0. The number of nitrogens with zero attached hydrogens (tertiary/aromatic N) is 1. The van der Waals surface area contributed by atoms with Crippen LogP contribution in [0.25, 0.3) is 10.2 Å². The summed E-state index contributed by atoms with van der Waals surface area (Å²) >= 11 is 1.14. The van der Waals surface area contributed by atoms with Crippen LogP contribution in [-0.4, -0.2) is 59.7 Å². The van der Waals surface area contributed by atoms with Crippen LogP contribution < -0.4 is 15.5 Å². The Bertz CT molecular complexity index is 1230. The molecule has 1 amide bonds. The Kier molecular flexibility index (Phi) is 9.99. The van der Waals surface area contributed by atoms with E-state index in [-0.39, 0.29) is 21.9 Å². The van der Waals surface area contributed by atoms with Gasteiger partial charge in [0.2, 0.25) is 5.91 Å². The third-order valence-corrected chi connectivity index (χ3v) is 8.67. The minimum absolute atomic E-state index is 0.0107. The molecule has 1 heterocycles. The van der Waals surface area contributed by atoms with Crippen molar-refractivity contribution in [3.8, 4) is 5.75 Å². The average molecular weight is 539 g/mol. The topological polar surface area (TPSA) is 97.5 Å². The molecule has 0 atom stereocenters. The first kappa shape index (κ1) is 28.3. The van der Waals surface area contributed by atoms with E-state index in [0.717, 1.165) is 60.5 Å². The molecule has 3 aromatic rings. The number of fused-ring (bicyclic) bond motifs is 1. The largest absolute Gasteiger partial charge is 0.506 e. The number of aromatic hydroxyl groups is 1. The van der Waals surface area contributed by atoms with Crippen molar-refractivity contribution in [2.24, 2.45) is 0 Å². The zero-order valence-electron chi connectivity index (χ0n) is 22.7. The van der Waals surface area contributed by atoms with Gasteiger partial charge in [-0.05, 0) is 43.0 Å². The minimum Gasteiger partial charge on any atom is -0.506 e. The molecule has 206 valence electrons. The summed E-state index contributed by atoms with van der Waals surface area (Å²) in [5.41, 5.74) is 2.87. The van der Waals surface area contributed by atoms with Gasteiger partial charge in [-0.3, -0.25) is 9.59 Å². The van der Waals surface area contributed by atoms with Crippen LogP contribution >= 0.6 is 11.3 Å². The van der Waals surface area contributed by atoms with E-state index in [1.165, 1.54) is 24.8 Å². The van der Waals surface area contributed by atoms with Gasteiger partial charge in [0.1, 0.15) is 11.3 Å². The number of thiazole rings is 1. The number of hydrogen-bond acceptors (Lipinski definition) is 6. The molecule has 1 aliphatic carbocycles. The third-order valence-electron chi connectivity index (χ3n) is 7.71. The standard InChI is InChI=1S/C30H42N4O3S/c1-30(2,23-9-5-3-6-10-23)21-32-18-16-26(36)34(24-11-7-4-8-12-24)20-19-31-17-15-22-13-14-25(35)27-28(22)38-29(37)33-27/h3,5-6,9-10,13-14,24,31-32,35H,4,7-8,11-12,15-21H2,1-2H3,(H,33,37). The molecule has 2 aromatic carbocycles. The van der Waals surface area contributed by atoms with Gasteiger partial charge in [0.15, 0.2) is 0 Å². The molecule has 0 bridgehead atoms. The monoisotopic (exact) mass is 538 g/mol. The first-order valence-corrected chi connectivity index (χ1v) is 14.8. The smallest absolute Gasteiger partial charge is 0.305 e. The van der Waals surface area contributed by atoms with Gasteiger partial charge in [0.25, 0.3) is 0 Å². The molecule has 4 N–H and O–H groups in total.